The maximum Gasteiger partial charge on any atom is 0.225 e. The van der Waals surface area contributed by atoms with Crippen molar-refractivity contribution in [1.82, 2.24) is 10.2 Å². The molecule has 122 valence electrons. The first kappa shape index (κ1) is 15.8. The minimum atomic E-state index is -0.219. The van der Waals surface area contributed by atoms with Crippen LogP contribution in [-0.4, -0.2) is 23.8 Å². The van der Waals surface area contributed by atoms with Gasteiger partial charge in [-0.05, 0) is 30.9 Å². The lowest BCUT2D eigenvalue weighted by atomic mass is 9.87. The number of amides is 2. The first-order chi connectivity index (χ1) is 11.1. The van der Waals surface area contributed by atoms with Crippen molar-refractivity contribution in [3.05, 3.63) is 46.0 Å². The standard InChI is InChI=1S/C17H20N2O3S/c1-11-12(7-8-22-11)10-18-17(21)13-5-6-15(20)19(2)16(13)14-4-3-9-23-14/h3-4,7-9,13,16H,5-6,10H2,1-2H3,(H,18,21)/t13-,16-/m0/s1. The molecule has 2 aromatic rings. The number of nitrogens with zero attached hydrogens (tertiary/aromatic N) is 1. The highest BCUT2D eigenvalue weighted by Crippen LogP contribution is 2.37. The van der Waals surface area contributed by atoms with Gasteiger partial charge in [-0.25, -0.2) is 0 Å². The van der Waals surface area contributed by atoms with Crippen molar-refractivity contribution in [3.8, 4) is 0 Å². The molecule has 1 aliphatic heterocycles. The third-order valence-electron chi connectivity index (χ3n) is 4.45. The van der Waals surface area contributed by atoms with Gasteiger partial charge in [-0.3, -0.25) is 9.59 Å². The molecule has 0 radical (unpaired) electrons. The topological polar surface area (TPSA) is 62.6 Å². The highest BCUT2D eigenvalue weighted by atomic mass is 32.1. The SMILES string of the molecule is Cc1occc1CNC(=O)[C@H]1CCC(=O)N(C)[C@@H]1c1cccs1. The van der Waals surface area contributed by atoms with Crippen LogP contribution in [0.4, 0.5) is 0 Å². The van der Waals surface area contributed by atoms with Crippen LogP contribution >= 0.6 is 11.3 Å². The number of hydrogen-bond acceptors (Lipinski definition) is 4. The molecular formula is C17H20N2O3S. The Kier molecular flexibility index (Phi) is 4.52. The van der Waals surface area contributed by atoms with E-state index in [4.69, 9.17) is 4.42 Å². The van der Waals surface area contributed by atoms with E-state index in [9.17, 15) is 9.59 Å². The number of nitrogens with one attached hydrogen (secondary N) is 1. The number of likely N-dealkylation sites (tertiary alicyclic amines) is 1. The Morgan fingerprint density at radius 3 is 2.96 bits per heavy atom. The minimum Gasteiger partial charge on any atom is -0.469 e. The molecular weight excluding hydrogens is 312 g/mol. The second-order valence-electron chi connectivity index (χ2n) is 5.83. The Morgan fingerprint density at radius 1 is 1.48 bits per heavy atom. The predicted octanol–water partition coefficient (Wildman–Crippen LogP) is 2.88. The summed E-state index contributed by atoms with van der Waals surface area (Å²) in [5.74, 6) is 0.682. The van der Waals surface area contributed by atoms with Crippen LogP contribution in [0.3, 0.4) is 0 Å². The number of thiophene rings is 1. The zero-order valence-corrected chi connectivity index (χ0v) is 14.1. The van der Waals surface area contributed by atoms with Gasteiger partial charge >= 0.3 is 0 Å². The zero-order valence-electron chi connectivity index (χ0n) is 13.2. The first-order valence-electron chi connectivity index (χ1n) is 7.67. The number of aryl methyl sites for hydroxylation is 1. The van der Waals surface area contributed by atoms with Crippen molar-refractivity contribution in [2.75, 3.05) is 7.05 Å². The van der Waals surface area contributed by atoms with Crippen molar-refractivity contribution in [1.29, 1.82) is 0 Å². The molecule has 2 atom stereocenters. The van der Waals surface area contributed by atoms with Crippen molar-refractivity contribution < 1.29 is 14.0 Å². The third kappa shape index (κ3) is 3.17. The lowest BCUT2D eigenvalue weighted by Crippen LogP contribution is -2.45. The molecule has 2 amide bonds. The molecule has 0 aliphatic carbocycles. The van der Waals surface area contributed by atoms with Crippen LogP contribution in [0.2, 0.25) is 0 Å². The van der Waals surface area contributed by atoms with Gasteiger partial charge in [-0.1, -0.05) is 6.07 Å². The van der Waals surface area contributed by atoms with Crippen LogP contribution in [0.25, 0.3) is 0 Å². The largest absolute Gasteiger partial charge is 0.469 e. The van der Waals surface area contributed by atoms with Gasteiger partial charge in [0.25, 0.3) is 0 Å². The summed E-state index contributed by atoms with van der Waals surface area (Å²) in [5.41, 5.74) is 0.978. The van der Waals surface area contributed by atoms with Crippen LogP contribution < -0.4 is 5.32 Å². The lowest BCUT2D eigenvalue weighted by Gasteiger charge is -2.37. The summed E-state index contributed by atoms with van der Waals surface area (Å²) in [7, 11) is 1.78. The highest BCUT2D eigenvalue weighted by molar-refractivity contribution is 7.10. The number of carbonyl (C=O) groups excluding carboxylic acids is 2. The average molecular weight is 332 g/mol. The number of rotatable bonds is 4. The predicted molar refractivity (Wildman–Crippen MR) is 87.8 cm³/mol. The monoisotopic (exact) mass is 332 g/mol. The average Bonchev–Trinajstić information content (AvgIpc) is 3.19. The van der Waals surface area contributed by atoms with Gasteiger partial charge in [-0.15, -0.1) is 11.3 Å². The van der Waals surface area contributed by atoms with E-state index in [1.807, 2.05) is 30.5 Å². The normalized spacial score (nSPS) is 21.5. The second-order valence-corrected chi connectivity index (χ2v) is 6.81. The summed E-state index contributed by atoms with van der Waals surface area (Å²) in [5, 5.41) is 4.97. The second kappa shape index (κ2) is 6.58. The number of piperidine rings is 1. The maximum atomic E-state index is 12.7. The molecule has 1 aliphatic rings. The fourth-order valence-electron chi connectivity index (χ4n) is 3.07. The third-order valence-corrected chi connectivity index (χ3v) is 5.39. The summed E-state index contributed by atoms with van der Waals surface area (Å²) in [6.45, 7) is 2.33. The minimum absolute atomic E-state index is 0.0108. The van der Waals surface area contributed by atoms with E-state index in [2.05, 4.69) is 5.32 Å². The molecule has 0 unspecified atom stereocenters. The highest BCUT2D eigenvalue weighted by Gasteiger charge is 2.39. The van der Waals surface area contributed by atoms with Crippen LogP contribution in [0.1, 0.15) is 35.1 Å². The van der Waals surface area contributed by atoms with Gasteiger partial charge < -0.3 is 14.6 Å². The molecule has 6 heteroatoms. The van der Waals surface area contributed by atoms with Crippen LogP contribution in [0, 0.1) is 12.8 Å². The molecule has 1 N–H and O–H groups in total. The summed E-state index contributed by atoms with van der Waals surface area (Å²) in [4.78, 5) is 27.5. The molecule has 1 fully saturated rings. The summed E-state index contributed by atoms with van der Waals surface area (Å²) < 4.78 is 5.25. The number of carbonyl (C=O) groups is 2. The maximum absolute atomic E-state index is 12.7. The molecule has 0 bridgehead atoms. The van der Waals surface area contributed by atoms with E-state index in [0.717, 1.165) is 16.2 Å². The Balaban J connectivity index is 1.74. The van der Waals surface area contributed by atoms with Gasteiger partial charge in [0.1, 0.15) is 5.76 Å². The van der Waals surface area contributed by atoms with E-state index in [0.29, 0.717) is 19.4 Å². The lowest BCUT2D eigenvalue weighted by molar-refractivity contribution is -0.141. The molecule has 3 heterocycles. The zero-order chi connectivity index (χ0) is 16.4. The smallest absolute Gasteiger partial charge is 0.225 e. The van der Waals surface area contributed by atoms with Gasteiger partial charge in [0.05, 0.1) is 18.2 Å². The van der Waals surface area contributed by atoms with E-state index in [1.54, 1.807) is 29.5 Å². The molecule has 23 heavy (non-hydrogen) atoms. The van der Waals surface area contributed by atoms with Crippen molar-refractivity contribution >= 4 is 23.2 Å². The van der Waals surface area contributed by atoms with Crippen LogP contribution in [0.5, 0.6) is 0 Å². The first-order valence-corrected chi connectivity index (χ1v) is 8.55. The van der Waals surface area contributed by atoms with Crippen LogP contribution in [0.15, 0.2) is 34.3 Å². The molecule has 1 saturated heterocycles. The van der Waals surface area contributed by atoms with E-state index in [-0.39, 0.29) is 23.8 Å². The van der Waals surface area contributed by atoms with Gasteiger partial charge in [-0.2, -0.15) is 0 Å². The van der Waals surface area contributed by atoms with Crippen molar-refractivity contribution in [3.63, 3.8) is 0 Å². The molecule has 0 spiro atoms. The number of hydrogen-bond donors (Lipinski definition) is 1. The summed E-state index contributed by atoms with van der Waals surface area (Å²) in [6.07, 6.45) is 2.63. The molecule has 3 rings (SSSR count). The quantitative estimate of drug-likeness (QED) is 0.936. The van der Waals surface area contributed by atoms with Gasteiger partial charge in [0, 0.05) is 30.5 Å². The number of furan rings is 1. The molecule has 2 aromatic heterocycles. The van der Waals surface area contributed by atoms with E-state index < -0.39 is 0 Å². The Hall–Kier alpha value is -2.08. The Bertz CT molecular complexity index is 693. The fourth-order valence-corrected chi connectivity index (χ4v) is 4.00. The van der Waals surface area contributed by atoms with Gasteiger partial charge in [0.2, 0.25) is 11.8 Å². The molecule has 0 saturated carbocycles. The summed E-state index contributed by atoms with van der Waals surface area (Å²) >= 11 is 1.59. The molecule has 0 aromatic carbocycles. The fraction of sp³-hybridized carbons (Fsp3) is 0.412. The van der Waals surface area contributed by atoms with Crippen molar-refractivity contribution in [2.45, 2.75) is 32.4 Å². The Labute approximate surface area is 139 Å². The Morgan fingerprint density at radius 2 is 2.30 bits per heavy atom. The van der Waals surface area contributed by atoms with Crippen LogP contribution in [-0.2, 0) is 16.1 Å². The van der Waals surface area contributed by atoms with E-state index >= 15 is 0 Å². The molecule has 5 nitrogen and oxygen atoms in total. The van der Waals surface area contributed by atoms with Crippen molar-refractivity contribution in [2.24, 2.45) is 5.92 Å². The van der Waals surface area contributed by atoms with Gasteiger partial charge in [0.15, 0.2) is 0 Å². The summed E-state index contributed by atoms with van der Waals surface area (Å²) in [6, 6.07) is 5.63. The van der Waals surface area contributed by atoms with E-state index in [1.165, 1.54) is 0 Å².